The molecule has 0 fully saturated rings. The maximum Gasteiger partial charge on any atom is 0.271 e. The van der Waals surface area contributed by atoms with Crippen molar-refractivity contribution < 1.29 is 9.13 Å². The highest BCUT2D eigenvalue weighted by Crippen LogP contribution is 2.13. The summed E-state index contributed by atoms with van der Waals surface area (Å²) in [7, 11) is 1.55. The molecule has 2 aromatic rings. The van der Waals surface area contributed by atoms with E-state index in [-0.39, 0.29) is 11.4 Å². The van der Waals surface area contributed by atoms with Gasteiger partial charge in [0.25, 0.3) is 5.56 Å². The van der Waals surface area contributed by atoms with Gasteiger partial charge >= 0.3 is 0 Å². The van der Waals surface area contributed by atoms with E-state index in [2.05, 4.69) is 5.10 Å². The van der Waals surface area contributed by atoms with Crippen molar-refractivity contribution in [2.75, 3.05) is 7.11 Å². The number of halogens is 1. The van der Waals surface area contributed by atoms with Crippen molar-refractivity contribution in [3.63, 3.8) is 0 Å². The first-order valence-corrected chi connectivity index (χ1v) is 5.18. The highest BCUT2D eigenvalue weighted by Gasteiger charge is 2.07. The molecule has 17 heavy (non-hydrogen) atoms. The van der Waals surface area contributed by atoms with E-state index in [1.165, 1.54) is 22.9 Å². The highest BCUT2D eigenvalue weighted by molar-refractivity contribution is 5.39. The Morgan fingerprint density at radius 3 is 2.82 bits per heavy atom. The predicted octanol–water partition coefficient (Wildman–Crippen LogP) is 1.76. The van der Waals surface area contributed by atoms with Gasteiger partial charge < -0.3 is 4.74 Å². The molecule has 0 aliphatic heterocycles. The second kappa shape index (κ2) is 4.55. The lowest BCUT2D eigenvalue weighted by Crippen LogP contribution is -2.14. The highest BCUT2D eigenvalue weighted by atomic mass is 19.1. The summed E-state index contributed by atoms with van der Waals surface area (Å²) in [5, 5.41) is 2.92. The number of rotatable bonds is 3. The number of nitrogens with zero attached hydrogens (tertiary/aromatic N) is 1. The second-order valence-corrected chi connectivity index (χ2v) is 3.82. The average Bonchev–Trinajstić information content (AvgIpc) is 2.60. The van der Waals surface area contributed by atoms with E-state index in [1.54, 1.807) is 20.1 Å². The van der Waals surface area contributed by atoms with Gasteiger partial charge in [-0.2, -0.15) is 0 Å². The lowest BCUT2D eigenvalue weighted by Gasteiger charge is -2.06. The Morgan fingerprint density at radius 2 is 2.18 bits per heavy atom. The molecule has 0 unspecified atom stereocenters. The first-order chi connectivity index (χ1) is 8.11. The zero-order valence-corrected chi connectivity index (χ0v) is 9.66. The number of hydrogen-bond donors (Lipinski definition) is 1. The summed E-state index contributed by atoms with van der Waals surface area (Å²) in [5.41, 5.74) is 1.82. The molecule has 5 heteroatoms. The zero-order valence-electron chi connectivity index (χ0n) is 9.66. The summed E-state index contributed by atoms with van der Waals surface area (Å²) < 4.78 is 19.3. The van der Waals surface area contributed by atoms with E-state index < -0.39 is 0 Å². The number of nitrogens with one attached hydrogen (secondary N) is 1. The fraction of sp³-hybridized carbons (Fsp3) is 0.250. The van der Waals surface area contributed by atoms with Crippen LogP contribution in [-0.2, 0) is 11.3 Å². The molecule has 0 aliphatic carbocycles. The second-order valence-electron chi connectivity index (χ2n) is 3.82. The van der Waals surface area contributed by atoms with Crippen LogP contribution in [0.3, 0.4) is 0 Å². The Morgan fingerprint density at radius 1 is 1.41 bits per heavy atom. The fourth-order valence-corrected chi connectivity index (χ4v) is 1.72. The molecule has 4 nitrogen and oxygen atoms in total. The average molecular weight is 236 g/mol. The van der Waals surface area contributed by atoms with Crippen molar-refractivity contribution in [1.82, 2.24) is 9.78 Å². The smallest absolute Gasteiger partial charge is 0.271 e. The normalized spacial score (nSPS) is 10.8. The third-order valence-electron chi connectivity index (χ3n) is 2.47. The number of aromatic nitrogens is 2. The van der Waals surface area contributed by atoms with Crippen molar-refractivity contribution in [2.24, 2.45) is 0 Å². The lowest BCUT2D eigenvalue weighted by atomic mass is 10.2. The lowest BCUT2D eigenvalue weighted by molar-refractivity contribution is 0.181. The molecule has 0 atom stereocenters. The van der Waals surface area contributed by atoms with Gasteiger partial charge in [-0.05, 0) is 30.7 Å². The van der Waals surface area contributed by atoms with Gasteiger partial charge in [0.2, 0.25) is 0 Å². The number of aryl methyl sites for hydroxylation is 1. The van der Waals surface area contributed by atoms with Crippen molar-refractivity contribution in [2.45, 2.75) is 13.5 Å². The molecule has 1 aromatic carbocycles. The van der Waals surface area contributed by atoms with Gasteiger partial charge in [0, 0.05) is 13.2 Å². The SMILES string of the molecule is COCc1cc(=O)n(-c2ccc(F)cc2C)[nH]1. The number of ether oxygens (including phenoxy) is 1. The molecular weight excluding hydrogens is 223 g/mol. The number of methoxy groups -OCH3 is 1. The van der Waals surface area contributed by atoms with Gasteiger partial charge in [0.05, 0.1) is 18.0 Å². The molecule has 0 amide bonds. The Balaban J connectivity index is 2.49. The van der Waals surface area contributed by atoms with Crippen LogP contribution in [0.15, 0.2) is 29.1 Å². The number of benzene rings is 1. The molecule has 90 valence electrons. The van der Waals surface area contributed by atoms with E-state index in [4.69, 9.17) is 4.74 Å². The summed E-state index contributed by atoms with van der Waals surface area (Å²) in [6, 6.07) is 5.75. The third kappa shape index (κ3) is 2.29. The van der Waals surface area contributed by atoms with Crippen molar-refractivity contribution in [3.05, 3.63) is 51.7 Å². The van der Waals surface area contributed by atoms with Crippen LogP contribution in [-0.4, -0.2) is 16.9 Å². The van der Waals surface area contributed by atoms with Crippen LogP contribution in [0, 0.1) is 12.7 Å². The monoisotopic (exact) mass is 236 g/mol. The molecule has 0 spiro atoms. The van der Waals surface area contributed by atoms with Crippen LogP contribution < -0.4 is 5.56 Å². The first kappa shape index (κ1) is 11.6. The summed E-state index contributed by atoms with van der Waals surface area (Å²) in [5.74, 6) is -0.317. The minimum atomic E-state index is -0.317. The summed E-state index contributed by atoms with van der Waals surface area (Å²) >= 11 is 0. The summed E-state index contributed by atoms with van der Waals surface area (Å²) in [6.45, 7) is 2.09. The fourth-order valence-electron chi connectivity index (χ4n) is 1.72. The summed E-state index contributed by atoms with van der Waals surface area (Å²) in [6.07, 6.45) is 0. The van der Waals surface area contributed by atoms with Crippen LogP contribution >= 0.6 is 0 Å². The van der Waals surface area contributed by atoms with Crippen LogP contribution in [0.1, 0.15) is 11.3 Å². The van der Waals surface area contributed by atoms with Crippen LogP contribution in [0.5, 0.6) is 0 Å². The Bertz CT molecular complexity index is 586. The van der Waals surface area contributed by atoms with Crippen LogP contribution in [0.2, 0.25) is 0 Å². The minimum Gasteiger partial charge on any atom is -0.378 e. The molecule has 1 heterocycles. The molecular formula is C12H13FN2O2. The van der Waals surface area contributed by atoms with Gasteiger partial charge in [0.15, 0.2) is 0 Å². The van der Waals surface area contributed by atoms with Crippen LogP contribution in [0.25, 0.3) is 5.69 Å². The number of H-pyrrole nitrogens is 1. The van der Waals surface area contributed by atoms with E-state index in [9.17, 15) is 9.18 Å². The largest absolute Gasteiger partial charge is 0.378 e. The summed E-state index contributed by atoms with van der Waals surface area (Å²) in [4.78, 5) is 11.7. The third-order valence-corrected chi connectivity index (χ3v) is 2.47. The Hall–Kier alpha value is -1.88. The predicted molar refractivity (Wildman–Crippen MR) is 61.8 cm³/mol. The van der Waals surface area contributed by atoms with Gasteiger partial charge in [0.1, 0.15) is 5.82 Å². The minimum absolute atomic E-state index is 0.188. The molecule has 0 saturated heterocycles. The van der Waals surface area contributed by atoms with Gasteiger partial charge in [-0.3, -0.25) is 9.89 Å². The van der Waals surface area contributed by atoms with E-state index in [0.29, 0.717) is 23.6 Å². The van der Waals surface area contributed by atoms with E-state index >= 15 is 0 Å². The maximum absolute atomic E-state index is 13.0. The van der Waals surface area contributed by atoms with Gasteiger partial charge in [-0.1, -0.05) is 0 Å². The van der Waals surface area contributed by atoms with E-state index in [0.717, 1.165) is 0 Å². The molecule has 0 aliphatic rings. The quantitative estimate of drug-likeness (QED) is 0.882. The molecule has 1 N–H and O–H groups in total. The molecule has 0 radical (unpaired) electrons. The molecule has 0 bridgehead atoms. The topological polar surface area (TPSA) is 47.0 Å². The first-order valence-electron chi connectivity index (χ1n) is 5.18. The van der Waals surface area contributed by atoms with Crippen LogP contribution in [0.4, 0.5) is 4.39 Å². The zero-order chi connectivity index (χ0) is 12.4. The van der Waals surface area contributed by atoms with E-state index in [1.807, 2.05) is 0 Å². The van der Waals surface area contributed by atoms with Gasteiger partial charge in [-0.15, -0.1) is 0 Å². The number of aromatic amines is 1. The van der Waals surface area contributed by atoms with Crippen molar-refractivity contribution in [3.8, 4) is 5.69 Å². The number of hydrogen-bond acceptors (Lipinski definition) is 2. The van der Waals surface area contributed by atoms with Gasteiger partial charge in [-0.25, -0.2) is 9.07 Å². The Kier molecular flexibility index (Phi) is 3.10. The molecule has 0 saturated carbocycles. The Labute approximate surface area is 97.6 Å². The standard InChI is InChI=1S/C12H13FN2O2/c1-8-5-9(13)3-4-11(8)15-12(16)6-10(14-15)7-17-2/h3-6,14H,7H2,1-2H3. The maximum atomic E-state index is 13.0. The molecule has 2 rings (SSSR count). The molecule has 1 aromatic heterocycles. The van der Waals surface area contributed by atoms with Crippen molar-refractivity contribution >= 4 is 0 Å². The van der Waals surface area contributed by atoms with Crippen molar-refractivity contribution in [1.29, 1.82) is 0 Å².